The quantitative estimate of drug-likeness (QED) is 0.825. The van der Waals surface area contributed by atoms with Gasteiger partial charge < -0.3 is 19.9 Å². The fourth-order valence-electron chi connectivity index (χ4n) is 2.34. The van der Waals surface area contributed by atoms with Crippen LogP contribution in [0.15, 0.2) is 48.5 Å². The highest BCUT2D eigenvalue weighted by Crippen LogP contribution is 2.27. The van der Waals surface area contributed by atoms with E-state index in [4.69, 9.17) is 9.47 Å². The van der Waals surface area contributed by atoms with Crippen LogP contribution in [0.25, 0.3) is 0 Å². The van der Waals surface area contributed by atoms with Crippen molar-refractivity contribution in [2.75, 3.05) is 20.8 Å². The number of nitrogens with one attached hydrogen (secondary N) is 1. The van der Waals surface area contributed by atoms with E-state index in [1.54, 1.807) is 14.2 Å². The van der Waals surface area contributed by atoms with E-state index in [9.17, 15) is 5.11 Å². The van der Waals surface area contributed by atoms with Crippen molar-refractivity contribution in [2.24, 2.45) is 0 Å². The summed E-state index contributed by atoms with van der Waals surface area (Å²) in [5.74, 6) is 1.42. The van der Waals surface area contributed by atoms with E-state index < -0.39 is 5.60 Å². The van der Waals surface area contributed by atoms with Crippen LogP contribution in [0.4, 0.5) is 0 Å². The second-order valence-corrected chi connectivity index (χ2v) is 5.43. The van der Waals surface area contributed by atoms with Gasteiger partial charge in [0, 0.05) is 13.1 Å². The van der Waals surface area contributed by atoms with E-state index >= 15 is 0 Å². The number of ether oxygens (including phenoxy) is 2. The molecule has 22 heavy (non-hydrogen) atoms. The van der Waals surface area contributed by atoms with Gasteiger partial charge in [-0.15, -0.1) is 0 Å². The van der Waals surface area contributed by atoms with Crippen molar-refractivity contribution in [3.05, 3.63) is 59.7 Å². The van der Waals surface area contributed by atoms with E-state index in [1.165, 1.54) is 0 Å². The van der Waals surface area contributed by atoms with Gasteiger partial charge in [0.05, 0.1) is 19.8 Å². The molecule has 0 saturated heterocycles. The van der Waals surface area contributed by atoms with Crippen molar-refractivity contribution < 1.29 is 14.6 Å². The Kier molecular flexibility index (Phi) is 5.41. The first kappa shape index (κ1) is 16.3. The number of benzene rings is 2. The van der Waals surface area contributed by atoms with Gasteiger partial charge in [0.15, 0.2) is 11.5 Å². The molecule has 0 aliphatic carbocycles. The predicted molar refractivity (Wildman–Crippen MR) is 87.3 cm³/mol. The molecule has 0 aliphatic rings. The molecule has 2 N–H and O–H groups in total. The van der Waals surface area contributed by atoms with Crippen LogP contribution in [0.5, 0.6) is 11.5 Å². The summed E-state index contributed by atoms with van der Waals surface area (Å²) in [6, 6.07) is 15.4. The van der Waals surface area contributed by atoms with Gasteiger partial charge in [-0.05, 0) is 30.2 Å². The molecule has 4 heteroatoms. The Labute approximate surface area is 131 Å². The van der Waals surface area contributed by atoms with Gasteiger partial charge in [-0.25, -0.2) is 0 Å². The van der Waals surface area contributed by atoms with E-state index in [0.717, 1.165) is 11.1 Å². The molecule has 0 heterocycles. The summed E-state index contributed by atoms with van der Waals surface area (Å²) in [6.45, 7) is 2.92. The monoisotopic (exact) mass is 301 g/mol. The number of aliphatic hydroxyl groups is 1. The summed E-state index contributed by atoms with van der Waals surface area (Å²) in [6.07, 6.45) is 0. The minimum absolute atomic E-state index is 0.464. The molecule has 2 aromatic rings. The van der Waals surface area contributed by atoms with Crippen LogP contribution in [0.1, 0.15) is 18.1 Å². The Morgan fingerprint density at radius 1 is 1.00 bits per heavy atom. The third kappa shape index (κ3) is 4.00. The maximum absolute atomic E-state index is 10.5. The van der Waals surface area contributed by atoms with Gasteiger partial charge in [0.1, 0.15) is 0 Å². The fraction of sp³-hybridized carbons (Fsp3) is 0.333. The number of methoxy groups -OCH3 is 2. The molecule has 4 nitrogen and oxygen atoms in total. The molecule has 0 aromatic heterocycles. The molecule has 2 aromatic carbocycles. The zero-order valence-corrected chi connectivity index (χ0v) is 13.3. The van der Waals surface area contributed by atoms with Gasteiger partial charge in [-0.3, -0.25) is 0 Å². The average Bonchev–Trinajstić information content (AvgIpc) is 2.55. The Bertz CT molecular complexity index is 597. The first-order valence-corrected chi connectivity index (χ1v) is 7.26. The van der Waals surface area contributed by atoms with Crippen molar-refractivity contribution >= 4 is 0 Å². The normalized spacial score (nSPS) is 13.5. The van der Waals surface area contributed by atoms with Crippen molar-refractivity contribution in [1.82, 2.24) is 5.32 Å². The predicted octanol–water partition coefficient (Wildman–Crippen LogP) is 2.70. The molecule has 0 saturated carbocycles. The first-order chi connectivity index (χ1) is 10.6. The molecule has 2 rings (SSSR count). The Morgan fingerprint density at radius 2 is 1.68 bits per heavy atom. The smallest absolute Gasteiger partial charge is 0.161 e. The largest absolute Gasteiger partial charge is 0.493 e. The van der Waals surface area contributed by atoms with Crippen LogP contribution in [0, 0.1) is 0 Å². The van der Waals surface area contributed by atoms with E-state index in [-0.39, 0.29) is 0 Å². The third-order valence-corrected chi connectivity index (χ3v) is 3.64. The van der Waals surface area contributed by atoms with E-state index in [1.807, 2.05) is 55.5 Å². The summed E-state index contributed by atoms with van der Waals surface area (Å²) < 4.78 is 10.5. The number of rotatable bonds is 7. The van der Waals surface area contributed by atoms with Crippen molar-refractivity contribution in [3.8, 4) is 11.5 Å². The zero-order chi connectivity index (χ0) is 16.0. The van der Waals surface area contributed by atoms with Crippen LogP contribution in [0.2, 0.25) is 0 Å². The Morgan fingerprint density at radius 3 is 2.32 bits per heavy atom. The lowest BCUT2D eigenvalue weighted by atomic mass is 9.96. The Balaban J connectivity index is 1.96. The molecule has 0 radical (unpaired) electrons. The standard InChI is InChI=1S/C18H23NO3/c1-18(20,15-7-5-4-6-8-15)13-19-12-14-9-10-16(21-2)17(11-14)22-3/h4-11,19-20H,12-13H2,1-3H3. The van der Waals surface area contributed by atoms with Gasteiger partial charge in [0.2, 0.25) is 0 Å². The van der Waals surface area contributed by atoms with Gasteiger partial charge in [0.25, 0.3) is 0 Å². The minimum Gasteiger partial charge on any atom is -0.493 e. The van der Waals surface area contributed by atoms with Crippen LogP contribution in [-0.4, -0.2) is 25.9 Å². The topological polar surface area (TPSA) is 50.7 Å². The highest BCUT2D eigenvalue weighted by molar-refractivity contribution is 5.42. The van der Waals surface area contributed by atoms with E-state index in [2.05, 4.69) is 5.32 Å². The fourth-order valence-corrected chi connectivity index (χ4v) is 2.34. The summed E-state index contributed by atoms with van der Waals surface area (Å²) >= 11 is 0. The highest BCUT2D eigenvalue weighted by atomic mass is 16.5. The lowest BCUT2D eigenvalue weighted by molar-refractivity contribution is 0.0566. The van der Waals surface area contributed by atoms with Gasteiger partial charge in [-0.2, -0.15) is 0 Å². The van der Waals surface area contributed by atoms with Crippen molar-refractivity contribution in [1.29, 1.82) is 0 Å². The number of hydrogen-bond donors (Lipinski definition) is 2. The lowest BCUT2D eigenvalue weighted by Gasteiger charge is -2.24. The summed E-state index contributed by atoms with van der Waals surface area (Å²) in [5, 5.41) is 13.8. The minimum atomic E-state index is -0.905. The molecule has 0 amide bonds. The molecule has 0 spiro atoms. The third-order valence-electron chi connectivity index (χ3n) is 3.64. The van der Waals surface area contributed by atoms with Crippen LogP contribution in [0.3, 0.4) is 0 Å². The highest BCUT2D eigenvalue weighted by Gasteiger charge is 2.21. The van der Waals surface area contributed by atoms with Crippen molar-refractivity contribution in [3.63, 3.8) is 0 Å². The molecule has 118 valence electrons. The van der Waals surface area contributed by atoms with Crippen molar-refractivity contribution in [2.45, 2.75) is 19.1 Å². The van der Waals surface area contributed by atoms with Crippen LogP contribution in [-0.2, 0) is 12.1 Å². The second-order valence-electron chi connectivity index (χ2n) is 5.43. The SMILES string of the molecule is COc1ccc(CNCC(C)(O)c2ccccc2)cc1OC. The lowest BCUT2D eigenvalue weighted by Crippen LogP contribution is -2.35. The first-order valence-electron chi connectivity index (χ1n) is 7.26. The Hall–Kier alpha value is -2.04. The molecular weight excluding hydrogens is 278 g/mol. The van der Waals surface area contributed by atoms with Crippen LogP contribution >= 0.6 is 0 Å². The maximum atomic E-state index is 10.5. The van der Waals surface area contributed by atoms with Crippen LogP contribution < -0.4 is 14.8 Å². The molecular formula is C18H23NO3. The van der Waals surface area contributed by atoms with Gasteiger partial charge >= 0.3 is 0 Å². The molecule has 1 atom stereocenters. The van der Waals surface area contributed by atoms with E-state index in [0.29, 0.717) is 24.6 Å². The second kappa shape index (κ2) is 7.29. The zero-order valence-electron chi connectivity index (χ0n) is 13.3. The van der Waals surface area contributed by atoms with Gasteiger partial charge in [-0.1, -0.05) is 36.4 Å². The molecule has 0 aliphatic heterocycles. The maximum Gasteiger partial charge on any atom is 0.161 e. The summed E-state index contributed by atoms with van der Waals surface area (Å²) in [4.78, 5) is 0. The summed E-state index contributed by atoms with van der Waals surface area (Å²) in [5.41, 5.74) is 1.06. The molecule has 0 fully saturated rings. The summed E-state index contributed by atoms with van der Waals surface area (Å²) in [7, 11) is 3.24. The molecule has 0 bridgehead atoms. The molecule has 1 unspecified atom stereocenters. The average molecular weight is 301 g/mol. The number of hydrogen-bond acceptors (Lipinski definition) is 4.